The molecule has 168 valence electrons. The number of hydrogen-bond donors (Lipinski definition) is 3. The van der Waals surface area contributed by atoms with Crippen molar-refractivity contribution >= 4 is 29.0 Å². The molecule has 0 aliphatic carbocycles. The van der Waals surface area contributed by atoms with E-state index in [1.807, 2.05) is 38.1 Å². The number of benzene rings is 2. The molecular formula is C23H26N4O4S. The minimum Gasteiger partial charge on any atom is -0.493 e. The molecule has 0 fully saturated rings. The predicted octanol–water partition coefficient (Wildman–Crippen LogP) is 4.29. The van der Waals surface area contributed by atoms with E-state index in [0.717, 1.165) is 11.1 Å². The molecule has 0 unspecified atom stereocenters. The average molecular weight is 455 g/mol. The van der Waals surface area contributed by atoms with Crippen molar-refractivity contribution < 1.29 is 19.1 Å². The number of urea groups is 1. The highest BCUT2D eigenvalue weighted by molar-refractivity contribution is 7.13. The highest BCUT2D eigenvalue weighted by Crippen LogP contribution is 2.38. The molecule has 0 bridgehead atoms. The van der Waals surface area contributed by atoms with Gasteiger partial charge in [-0.25, -0.2) is 9.78 Å². The van der Waals surface area contributed by atoms with Crippen molar-refractivity contribution in [1.29, 1.82) is 0 Å². The molecule has 1 heterocycles. The molecule has 3 rings (SSSR count). The summed E-state index contributed by atoms with van der Waals surface area (Å²) in [5, 5.41) is 10.8. The maximum Gasteiger partial charge on any atom is 0.319 e. The lowest BCUT2D eigenvalue weighted by molar-refractivity contribution is 0.0946. The number of ether oxygens (including phenoxy) is 2. The topological polar surface area (TPSA) is 102 Å². The third-order valence-corrected chi connectivity index (χ3v) is 5.33. The van der Waals surface area contributed by atoms with Crippen LogP contribution in [0.5, 0.6) is 11.5 Å². The third kappa shape index (κ3) is 5.76. The molecule has 0 radical (unpaired) electrons. The van der Waals surface area contributed by atoms with E-state index in [9.17, 15) is 9.59 Å². The van der Waals surface area contributed by atoms with Crippen LogP contribution in [0.25, 0.3) is 10.6 Å². The van der Waals surface area contributed by atoms with Crippen molar-refractivity contribution in [3.05, 3.63) is 59.1 Å². The molecule has 8 nitrogen and oxygen atoms in total. The van der Waals surface area contributed by atoms with Crippen molar-refractivity contribution in [2.75, 3.05) is 19.5 Å². The number of carbonyl (C=O) groups is 2. The monoisotopic (exact) mass is 454 g/mol. The normalized spacial score (nSPS) is 10.5. The number of hydrogen-bond acceptors (Lipinski definition) is 6. The number of nitrogens with one attached hydrogen (secondary N) is 3. The second-order valence-electron chi connectivity index (χ2n) is 7.21. The smallest absolute Gasteiger partial charge is 0.319 e. The van der Waals surface area contributed by atoms with E-state index in [1.165, 1.54) is 11.3 Å². The Morgan fingerprint density at radius 3 is 2.47 bits per heavy atom. The number of rotatable bonds is 8. The van der Waals surface area contributed by atoms with Gasteiger partial charge in [-0.2, -0.15) is 0 Å². The zero-order valence-corrected chi connectivity index (χ0v) is 19.2. The molecule has 1 aromatic heterocycles. The number of anilines is 1. The molecule has 9 heteroatoms. The van der Waals surface area contributed by atoms with Crippen LogP contribution in [0.4, 0.5) is 10.5 Å². The van der Waals surface area contributed by atoms with Crippen molar-refractivity contribution in [3.8, 4) is 22.1 Å². The van der Waals surface area contributed by atoms with E-state index in [1.54, 1.807) is 37.8 Å². The largest absolute Gasteiger partial charge is 0.493 e. The Morgan fingerprint density at radius 1 is 1.06 bits per heavy atom. The average Bonchev–Trinajstić information content (AvgIpc) is 3.27. The Labute approximate surface area is 191 Å². The van der Waals surface area contributed by atoms with Crippen molar-refractivity contribution in [3.63, 3.8) is 0 Å². The maximum absolute atomic E-state index is 12.6. The van der Waals surface area contributed by atoms with Crippen LogP contribution in [-0.4, -0.2) is 37.2 Å². The maximum atomic E-state index is 12.6. The van der Waals surface area contributed by atoms with Gasteiger partial charge in [0, 0.05) is 23.7 Å². The van der Waals surface area contributed by atoms with E-state index in [0.29, 0.717) is 34.4 Å². The molecule has 3 amide bonds. The highest BCUT2D eigenvalue weighted by atomic mass is 32.1. The molecule has 2 aromatic carbocycles. The predicted molar refractivity (Wildman–Crippen MR) is 126 cm³/mol. The lowest BCUT2D eigenvalue weighted by atomic mass is 10.2. The van der Waals surface area contributed by atoms with Gasteiger partial charge >= 0.3 is 6.03 Å². The van der Waals surface area contributed by atoms with Gasteiger partial charge in [0.25, 0.3) is 5.91 Å². The van der Waals surface area contributed by atoms with Crippen LogP contribution in [-0.2, 0) is 6.54 Å². The summed E-state index contributed by atoms with van der Waals surface area (Å²) in [6.07, 6.45) is 0. The van der Waals surface area contributed by atoms with Crippen LogP contribution >= 0.6 is 11.3 Å². The van der Waals surface area contributed by atoms with Crippen LogP contribution in [0, 0.1) is 0 Å². The first kappa shape index (κ1) is 23.1. The lowest BCUT2D eigenvalue weighted by Crippen LogP contribution is -2.34. The zero-order chi connectivity index (χ0) is 23.1. The number of methoxy groups -OCH3 is 2. The van der Waals surface area contributed by atoms with Gasteiger partial charge in [0.05, 0.1) is 19.8 Å². The van der Waals surface area contributed by atoms with Crippen LogP contribution in [0.2, 0.25) is 0 Å². The number of para-hydroxylation sites is 1. The van der Waals surface area contributed by atoms with Crippen LogP contribution in [0.15, 0.2) is 47.8 Å². The Morgan fingerprint density at radius 2 is 1.81 bits per heavy atom. The van der Waals surface area contributed by atoms with E-state index >= 15 is 0 Å². The number of nitrogens with zero attached hydrogens (tertiary/aromatic N) is 1. The van der Waals surface area contributed by atoms with Gasteiger partial charge < -0.3 is 25.4 Å². The van der Waals surface area contributed by atoms with Crippen LogP contribution in [0.3, 0.4) is 0 Å². The quantitative estimate of drug-likeness (QED) is 0.471. The summed E-state index contributed by atoms with van der Waals surface area (Å²) in [4.78, 5) is 28.8. The summed E-state index contributed by atoms with van der Waals surface area (Å²) in [6.45, 7) is 4.13. The third-order valence-electron chi connectivity index (χ3n) is 4.45. The Balaban J connectivity index is 1.61. The van der Waals surface area contributed by atoms with Crippen molar-refractivity contribution in [2.24, 2.45) is 0 Å². The second kappa shape index (κ2) is 10.6. The second-order valence-corrected chi connectivity index (χ2v) is 8.07. The molecule has 0 spiro atoms. The summed E-state index contributed by atoms with van der Waals surface area (Å²) in [7, 11) is 3.14. The fraction of sp³-hybridized carbons (Fsp3) is 0.261. The summed E-state index contributed by atoms with van der Waals surface area (Å²) in [5.74, 6) is 0.908. The molecule has 0 aliphatic heterocycles. The molecule has 0 atom stereocenters. The lowest BCUT2D eigenvalue weighted by Gasteiger charge is -2.11. The number of carbonyl (C=O) groups excluding carboxylic acids is 2. The Hall–Kier alpha value is -3.59. The van der Waals surface area contributed by atoms with Gasteiger partial charge in [0.15, 0.2) is 11.5 Å². The molecule has 0 aliphatic rings. The first-order chi connectivity index (χ1) is 15.4. The minimum atomic E-state index is -0.270. The van der Waals surface area contributed by atoms with Gasteiger partial charge in [-0.1, -0.05) is 18.2 Å². The molecule has 3 aromatic rings. The van der Waals surface area contributed by atoms with Crippen LogP contribution in [0.1, 0.15) is 29.9 Å². The molecule has 3 N–H and O–H groups in total. The highest BCUT2D eigenvalue weighted by Gasteiger charge is 2.17. The summed E-state index contributed by atoms with van der Waals surface area (Å²) < 4.78 is 10.8. The Bertz CT molecular complexity index is 1080. The van der Waals surface area contributed by atoms with Gasteiger partial charge in [-0.3, -0.25) is 4.79 Å². The van der Waals surface area contributed by atoms with E-state index < -0.39 is 0 Å². The van der Waals surface area contributed by atoms with Crippen molar-refractivity contribution in [2.45, 2.75) is 26.4 Å². The number of aromatic nitrogens is 1. The summed E-state index contributed by atoms with van der Waals surface area (Å²) >= 11 is 1.36. The van der Waals surface area contributed by atoms with E-state index in [-0.39, 0.29) is 18.0 Å². The van der Waals surface area contributed by atoms with E-state index in [4.69, 9.17) is 9.47 Å². The fourth-order valence-electron chi connectivity index (χ4n) is 2.97. The number of thiazole rings is 1. The first-order valence-corrected chi connectivity index (χ1v) is 10.9. The Kier molecular flexibility index (Phi) is 7.67. The van der Waals surface area contributed by atoms with Crippen LogP contribution < -0.4 is 25.4 Å². The summed E-state index contributed by atoms with van der Waals surface area (Å²) in [5.41, 5.74) is 2.67. The SMILES string of the molecule is COc1cccc(-c2nc(C(=O)NCc3ccc(NC(=O)NC(C)C)cc3)cs2)c1OC. The number of amides is 3. The van der Waals surface area contributed by atoms with Gasteiger partial charge in [0.1, 0.15) is 10.7 Å². The zero-order valence-electron chi connectivity index (χ0n) is 18.4. The molecule has 0 saturated heterocycles. The minimum absolute atomic E-state index is 0.0562. The molecule has 0 saturated carbocycles. The first-order valence-electron chi connectivity index (χ1n) is 10.0. The van der Waals surface area contributed by atoms with Gasteiger partial charge in [0.2, 0.25) is 0 Å². The van der Waals surface area contributed by atoms with Gasteiger partial charge in [-0.05, 0) is 43.7 Å². The fourth-order valence-corrected chi connectivity index (χ4v) is 3.79. The van der Waals surface area contributed by atoms with Gasteiger partial charge in [-0.15, -0.1) is 11.3 Å². The van der Waals surface area contributed by atoms with Crippen molar-refractivity contribution in [1.82, 2.24) is 15.6 Å². The molecule has 32 heavy (non-hydrogen) atoms. The summed E-state index contributed by atoms with van der Waals surface area (Å²) in [6, 6.07) is 12.6. The standard InChI is InChI=1S/C23H26N4O4S/c1-14(2)25-23(29)26-16-10-8-15(9-11-16)12-24-21(28)18-13-32-22(27-18)17-6-5-7-19(30-3)20(17)31-4/h5-11,13-14H,12H2,1-4H3,(H,24,28)(H2,25,26,29). The van der Waals surface area contributed by atoms with E-state index in [2.05, 4.69) is 20.9 Å². The molecular weight excluding hydrogens is 428 g/mol.